The minimum Gasteiger partial charge on any atom is -0.363 e. The van der Waals surface area contributed by atoms with Crippen molar-refractivity contribution in [2.75, 3.05) is 10.6 Å². The van der Waals surface area contributed by atoms with Gasteiger partial charge in [0, 0.05) is 27.7 Å². The maximum absolute atomic E-state index is 13.8. The van der Waals surface area contributed by atoms with Gasteiger partial charge >= 0.3 is 6.18 Å². The molecule has 2 atom stereocenters. The first-order valence-electron chi connectivity index (χ1n) is 8.96. The van der Waals surface area contributed by atoms with E-state index in [4.69, 9.17) is 11.6 Å². The van der Waals surface area contributed by atoms with Gasteiger partial charge < -0.3 is 10.6 Å². The molecule has 3 aromatic rings. The van der Waals surface area contributed by atoms with Crippen molar-refractivity contribution in [3.8, 4) is 0 Å². The van der Waals surface area contributed by atoms with Crippen LogP contribution in [0.15, 0.2) is 59.1 Å². The minimum absolute atomic E-state index is 0.113. The Kier molecular flexibility index (Phi) is 5.50. The Hall–Kier alpha value is -2.52. The van der Waals surface area contributed by atoms with Crippen molar-refractivity contribution in [1.82, 2.24) is 9.78 Å². The zero-order chi connectivity index (χ0) is 21.5. The molecule has 0 saturated carbocycles. The Morgan fingerprint density at radius 1 is 1.17 bits per heavy atom. The smallest absolute Gasteiger partial charge is 0.363 e. The van der Waals surface area contributed by atoms with E-state index >= 15 is 0 Å². The molecule has 1 aromatic heterocycles. The predicted molar refractivity (Wildman–Crippen MR) is 112 cm³/mol. The van der Waals surface area contributed by atoms with Crippen LogP contribution in [0.1, 0.15) is 34.6 Å². The number of rotatable bonds is 3. The van der Waals surface area contributed by atoms with Gasteiger partial charge in [-0.25, -0.2) is 4.68 Å². The fourth-order valence-electron chi connectivity index (χ4n) is 3.33. The first-order valence-corrected chi connectivity index (χ1v) is 10.1. The third-order valence-electron chi connectivity index (χ3n) is 4.80. The van der Waals surface area contributed by atoms with Gasteiger partial charge in [-0.1, -0.05) is 39.7 Å². The average molecular weight is 500 g/mol. The molecule has 0 spiro atoms. The zero-order valence-corrected chi connectivity index (χ0v) is 17.6. The van der Waals surface area contributed by atoms with Crippen molar-refractivity contribution in [2.45, 2.75) is 24.7 Å². The molecule has 2 unspecified atom stereocenters. The third kappa shape index (κ3) is 4.32. The number of halogens is 5. The number of alkyl halides is 3. The van der Waals surface area contributed by atoms with Crippen LogP contribution in [0.4, 0.5) is 24.7 Å². The molecule has 5 nitrogen and oxygen atoms in total. The Morgan fingerprint density at radius 3 is 2.47 bits per heavy atom. The predicted octanol–water partition coefficient (Wildman–Crippen LogP) is 6.21. The summed E-state index contributed by atoms with van der Waals surface area (Å²) in [6, 6.07) is 12.4. The maximum atomic E-state index is 13.8. The van der Waals surface area contributed by atoms with Crippen molar-refractivity contribution in [3.05, 3.63) is 75.4 Å². The van der Waals surface area contributed by atoms with Crippen LogP contribution in [0.25, 0.3) is 0 Å². The third-order valence-corrected chi connectivity index (χ3v) is 5.58. The summed E-state index contributed by atoms with van der Waals surface area (Å²) in [5, 5.41) is 10.1. The van der Waals surface area contributed by atoms with Gasteiger partial charge in [-0.15, -0.1) is 0 Å². The molecule has 1 aliphatic heterocycles. The number of carbonyl (C=O) groups is 1. The number of hydrogen-bond donors (Lipinski definition) is 2. The molecule has 0 bridgehead atoms. The monoisotopic (exact) mass is 498 g/mol. The van der Waals surface area contributed by atoms with Crippen molar-refractivity contribution in [2.24, 2.45) is 0 Å². The van der Waals surface area contributed by atoms with Gasteiger partial charge in [-0.2, -0.15) is 18.3 Å². The maximum Gasteiger partial charge on any atom is 0.410 e. The first kappa shape index (κ1) is 20.7. The first-order chi connectivity index (χ1) is 14.2. The molecule has 2 aromatic carbocycles. The molecule has 2 N–H and O–H groups in total. The van der Waals surface area contributed by atoms with Crippen LogP contribution in [0.5, 0.6) is 0 Å². The van der Waals surface area contributed by atoms with E-state index in [2.05, 4.69) is 31.7 Å². The SMILES string of the molecule is O=C(Nc1ccc(Cl)cc1)c1cc2n(n1)C(C(F)(F)F)CC(c1ccc(Br)cc1)N2. The number of aromatic nitrogens is 2. The summed E-state index contributed by atoms with van der Waals surface area (Å²) < 4.78 is 43.0. The second-order valence-corrected chi connectivity index (χ2v) is 8.21. The summed E-state index contributed by atoms with van der Waals surface area (Å²) in [5.74, 6) is -0.472. The normalized spacial score (nSPS) is 18.4. The topological polar surface area (TPSA) is 59.0 Å². The van der Waals surface area contributed by atoms with E-state index < -0.39 is 24.2 Å². The molecule has 0 saturated heterocycles. The second-order valence-electron chi connectivity index (χ2n) is 6.86. The molecule has 156 valence electrons. The van der Waals surface area contributed by atoms with E-state index in [0.717, 1.165) is 9.15 Å². The Labute approximate surface area is 183 Å². The second kappa shape index (κ2) is 7.96. The molecule has 0 aliphatic carbocycles. The molecule has 4 rings (SSSR count). The fourth-order valence-corrected chi connectivity index (χ4v) is 3.72. The summed E-state index contributed by atoms with van der Waals surface area (Å²) in [6.07, 6.45) is -4.75. The lowest BCUT2D eigenvalue weighted by Gasteiger charge is -2.33. The van der Waals surface area contributed by atoms with Gasteiger partial charge in [0.2, 0.25) is 0 Å². The Morgan fingerprint density at radius 2 is 1.83 bits per heavy atom. The number of nitrogens with zero attached hydrogens (tertiary/aromatic N) is 2. The molecule has 30 heavy (non-hydrogen) atoms. The van der Waals surface area contributed by atoms with E-state index in [1.54, 1.807) is 48.5 Å². The number of nitrogens with one attached hydrogen (secondary N) is 2. The van der Waals surface area contributed by atoms with Gasteiger partial charge in [-0.05, 0) is 42.0 Å². The molecule has 0 radical (unpaired) electrons. The zero-order valence-electron chi connectivity index (χ0n) is 15.3. The van der Waals surface area contributed by atoms with Crippen molar-refractivity contribution in [3.63, 3.8) is 0 Å². The van der Waals surface area contributed by atoms with Crippen LogP contribution in [-0.2, 0) is 0 Å². The molecule has 1 amide bonds. The van der Waals surface area contributed by atoms with Crippen molar-refractivity contribution in [1.29, 1.82) is 0 Å². The summed E-state index contributed by atoms with van der Waals surface area (Å²) in [5.41, 5.74) is 1.06. The van der Waals surface area contributed by atoms with E-state index in [0.29, 0.717) is 16.3 Å². The largest absolute Gasteiger partial charge is 0.410 e. The lowest BCUT2D eigenvalue weighted by Crippen LogP contribution is -2.35. The van der Waals surface area contributed by atoms with Crippen LogP contribution >= 0.6 is 27.5 Å². The Balaban J connectivity index is 1.63. The van der Waals surface area contributed by atoms with Gasteiger partial charge in [-0.3, -0.25) is 4.79 Å². The standard InChI is InChI=1S/C20H15BrClF3N4O/c21-12-3-1-11(2-4-12)15-9-17(20(23,24)25)29-18(27-15)10-16(28-29)19(30)26-14-7-5-13(22)6-8-14/h1-8,10,15,17,27H,9H2,(H,26,30). The number of carbonyl (C=O) groups excluding carboxylic acids is 1. The summed E-state index contributed by atoms with van der Waals surface area (Å²) in [4.78, 5) is 12.5. The molecule has 1 aliphatic rings. The number of benzene rings is 2. The van der Waals surface area contributed by atoms with Gasteiger partial charge in [0.25, 0.3) is 5.91 Å². The van der Waals surface area contributed by atoms with E-state index in [1.807, 2.05) is 0 Å². The number of anilines is 2. The molecule has 0 fully saturated rings. The molecular weight excluding hydrogens is 485 g/mol. The van der Waals surface area contributed by atoms with Gasteiger partial charge in [0.05, 0.1) is 6.04 Å². The van der Waals surface area contributed by atoms with Crippen molar-refractivity contribution < 1.29 is 18.0 Å². The summed E-state index contributed by atoms with van der Waals surface area (Å²) in [7, 11) is 0. The van der Waals surface area contributed by atoms with E-state index in [1.165, 1.54) is 6.07 Å². The van der Waals surface area contributed by atoms with Crippen LogP contribution < -0.4 is 10.6 Å². The van der Waals surface area contributed by atoms with Gasteiger partial charge in [0.1, 0.15) is 5.82 Å². The van der Waals surface area contributed by atoms with Crippen LogP contribution in [-0.4, -0.2) is 21.9 Å². The molecular formula is C20H15BrClF3N4O. The number of amides is 1. The molecule has 10 heteroatoms. The summed E-state index contributed by atoms with van der Waals surface area (Å²) in [6.45, 7) is 0. The van der Waals surface area contributed by atoms with Gasteiger partial charge in [0.15, 0.2) is 11.7 Å². The number of fused-ring (bicyclic) bond motifs is 1. The van der Waals surface area contributed by atoms with Crippen molar-refractivity contribution >= 4 is 44.9 Å². The minimum atomic E-state index is -4.51. The highest BCUT2D eigenvalue weighted by Crippen LogP contribution is 2.43. The fraction of sp³-hybridized carbons (Fsp3) is 0.200. The molecule has 2 heterocycles. The van der Waals surface area contributed by atoms with E-state index in [-0.39, 0.29) is 17.9 Å². The Bertz CT molecular complexity index is 1070. The van der Waals surface area contributed by atoms with Crippen LogP contribution in [0, 0.1) is 0 Å². The highest BCUT2D eigenvalue weighted by molar-refractivity contribution is 9.10. The van der Waals surface area contributed by atoms with Crippen LogP contribution in [0.3, 0.4) is 0 Å². The summed E-state index contributed by atoms with van der Waals surface area (Å²) >= 11 is 9.14. The highest BCUT2D eigenvalue weighted by Gasteiger charge is 2.46. The van der Waals surface area contributed by atoms with E-state index in [9.17, 15) is 18.0 Å². The quantitative estimate of drug-likeness (QED) is 0.450. The lowest BCUT2D eigenvalue weighted by atomic mass is 9.97. The highest BCUT2D eigenvalue weighted by atomic mass is 79.9. The lowest BCUT2D eigenvalue weighted by molar-refractivity contribution is -0.173. The average Bonchev–Trinajstić information content (AvgIpc) is 3.13. The number of hydrogen-bond acceptors (Lipinski definition) is 3. The van der Waals surface area contributed by atoms with Crippen LogP contribution in [0.2, 0.25) is 5.02 Å².